The number of nitrogens with two attached hydrogens (primary N) is 1. The summed E-state index contributed by atoms with van der Waals surface area (Å²) >= 11 is 0. The second-order valence-corrected chi connectivity index (χ2v) is 5.76. The first-order chi connectivity index (χ1) is 12.6. The molecule has 0 fully saturated rings. The van der Waals surface area contributed by atoms with Crippen LogP contribution in [0.4, 0.5) is 11.6 Å². The van der Waals surface area contributed by atoms with E-state index in [1.807, 2.05) is 49.4 Å². The molecule has 0 aliphatic heterocycles. The van der Waals surface area contributed by atoms with Crippen LogP contribution in [0.5, 0.6) is 0 Å². The van der Waals surface area contributed by atoms with Crippen molar-refractivity contribution in [2.75, 3.05) is 5.32 Å². The molecule has 0 bridgehead atoms. The second-order valence-electron chi connectivity index (χ2n) is 5.76. The van der Waals surface area contributed by atoms with E-state index in [4.69, 9.17) is 5.73 Å². The number of carbonyl (C=O) groups excluding carboxylic acids is 1. The number of rotatable bonds is 4. The molecule has 1 amide bonds. The Morgan fingerprint density at radius 1 is 1.15 bits per heavy atom. The maximum atomic E-state index is 12.6. The van der Waals surface area contributed by atoms with Crippen molar-refractivity contribution in [3.8, 4) is 0 Å². The zero-order chi connectivity index (χ0) is 18.5. The Morgan fingerprint density at radius 2 is 1.96 bits per heavy atom. The minimum Gasteiger partial charge on any atom is -0.404 e. The third-order valence-electron chi connectivity index (χ3n) is 3.90. The van der Waals surface area contributed by atoms with Crippen LogP contribution in [0.15, 0.2) is 71.5 Å². The highest BCUT2D eigenvalue weighted by Crippen LogP contribution is 2.17. The first-order valence-electron chi connectivity index (χ1n) is 8.15. The average molecular weight is 345 g/mol. The highest BCUT2D eigenvalue weighted by molar-refractivity contribution is 6.24. The molecule has 3 aromatic rings. The van der Waals surface area contributed by atoms with Crippen LogP contribution in [0.2, 0.25) is 0 Å². The Hall–Kier alpha value is -3.54. The van der Waals surface area contributed by atoms with Crippen molar-refractivity contribution in [3.05, 3.63) is 72.1 Å². The lowest BCUT2D eigenvalue weighted by atomic mass is 10.1. The van der Waals surface area contributed by atoms with Crippen LogP contribution < -0.4 is 11.1 Å². The molecule has 0 saturated heterocycles. The molecule has 130 valence electrons. The molecular weight excluding hydrogens is 326 g/mol. The molecule has 26 heavy (non-hydrogen) atoms. The molecule has 0 saturated carbocycles. The molecule has 0 spiro atoms. The minimum atomic E-state index is -0.370. The van der Waals surface area contributed by atoms with Crippen LogP contribution >= 0.6 is 0 Å². The van der Waals surface area contributed by atoms with Crippen LogP contribution in [-0.2, 0) is 4.79 Å². The van der Waals surface area contributed by atoms with Crippen molar-refractivity contribution in [1.82, 2.24) is 9.97 Å². The number of benzene rings is 1. The first-order valence-corrected chi connectivity index (χ1v) is 8.15. The zero-order valence-electron chi connectivity index (χ0n) is 14.6. The van der Waals surface area contributed by atoms with Crippen molar-refractivity contribution in [2.45, 2.75) is 13.8 Å². The van der Waals surface area contributed by atoms with Gasteiger partial charge in [0.05, 0.1) is 16.8 Å². The number of nitrogens with one attached hydrogen (secondary N) is 1. The van der Waals surface area contributed by atoms with Crippen LogP contribution in [0.3, 0.4) is 0 Å². The number of fused-ring (bicyclic) bond motifs is 1. The summed E-state index contributed by atoms with van der Waals surface area (Å²) in [5, 5.41) is 3.77. The van der Waals surface area contributed by atoms with Gasteiger partial charge in [0.2, 0.25) is 0 Å². The number of para-hydroxylation sites is 1. The summed E-state index contributed by atoms with van der Waals surface area (Å²) in [7, 11) is 0. The summed E-state index contributed by atoms with van der Waals surface area (Å²) in [5.74, 6) is 0.640. The maximum Gasteiger partial charge on any atom is 0.260 e. The minimum absolute atomic E-state index is 0.269. The van der Waals surface area contributed by atoms with E-state index in [0.29, 0.717) is 17.3 Å². The predicted octanol–water partition coefficient (Wildman–Crippen LogP) is 3.51. The summed E-state index contributed by atoms with van der Waals surface area (Å²) in [5.41, 5.74) is 8.13. The fourth-order valence-corrected chi connectivity index (χ4v) is 2.49. The summed E-state index contributed by atoms with van der Waals surface area (Å²) in [4.78, 5) is 25.7. The van der Waals surface area contributed by atoms with Gasteiger partial charge in [-0.3, -0.25) is 4.79 Å². The number of amides is 1. The number of hydrogen-bond donors (Lipinski definition) is 2. The van der Waals surface area contributed by atoms with Gasteiger partial charge in [-0.2, -0.15) is 0 Å². The highest BCUT2D eigenvalue weighted by atomic mass is 16.1. The monoisotopic (exact) mass is 345 g/mol. The molecule has 2 aromatic heterocycles. The molecule has 3 N–H and O–H groups in total. The SMILES string of the molecule is CC(=Nc1ncccc1C)C(=CN)C(=O)Nc1ccc2ccccc2n1. The Kier molecular flexibility index (Phi) is 5.03. The number of carbonyl (C=O) groups is 1. The third-order valence-corrected chi connectivity index (χ3v) is 3.90. The number of hydrogen-bond acceptors (Lipinski definition) is 5. The van der Waals surface area contributed by atoms with E-state index in [1.54, 1.807) is 19.2 Å². The van der Waals surface area contributed by atoms with Crippen LogP contribution in [0.1, 0.15) is 12.5 Å². The first kappa shape index (κ1) is 17.3. The maximum absolute atomic E-state index is 12.6. The van der Waals surface area contributed by atoms with Crippen LogP contribution in [0, 0.1) is 6.92 Å². The molecule has 3 rings (SSSR count). The molecular formula is C20H19N5O. The van der Waals surface area contributed by atoms with E-state index in [2.05, 4.69) is 20.3 Å². The van der Waals surface area contributed by atoms with Gasteiger partial charge >= 0.3 is 0 Å². The van der Waals surface area contributed by atoms with Gasteiger partial charge in [0, 0.05) is 17.8 Å². The van der Waals surface area contributed by atoms with E-state index < -0.39 is 0 Å². The van der Waals surface area contributed by atoms with Gasteiger partial charge in [0.15, 0.2) is 5.82 Å². The number of pyridine rings is 2. The standard InChI is InChI=1S/C20H19N5O/c1-13-6-5-11-22-19(13)23-14(2)16(12-21)20(26)25-18-10-9-15-7-3-4-8-17(15)24-18/h3-12H,21H2,1-2H3,(H,24,25,26). The van der Waals surface area contributed by atoms with Gasteiger partial charge in [-0.25, -0.2) is 15.0 Å². The Labute approximate surface area is 151 Å². The Bertz CT molecular complexity index is 1020. The molecule has 0 atom stereocenters. The lowest BCUT2D eigenvalue weighted by Crippen LogP contribution is -2.21. The molecule has 0 aliphatic carbocycles. The summed E-state index contributed by atoms with van der Waals surface area (Å²) in [6.07, 6.45) is 2.90. The fourth-order valence-electron chi connectivity index (χ4n) is 2.49. The van der Waals surface area contributed by atoms with E-state index in [-0.39, 0.29) is 11.5 Å². The zero-order valence-corrected chi connectivity index (χ0v) is 14.6. The molecule has 2 heterocycles. The van der Waals surface area contributed by atoms with Crippen molar-refractivity contribution in [2.24, 2.45) is 10.7 Å². The van der Waals surface area contributed by atoms with Crippen molar-refractivity contribution < 1.29 is 4.79 Å². The summed E-state index contributed by atoms with van der Waals surface area (Å²) < 4.78 is 0. The molecule has 0 aliphatic rings. The van der Waals surface area contributed by atoms with Crippen LogP contribution in [-0.4, -0.2) is 21.6 Å². The van der Waals surface area contributed by atoms with Crippen molar-refractivity contribution in [3.63, 3.8) is 0 Å². The second kappa shape index (κ2) is 7.57. The molecule has 6 heteroatoms. The number of anilines is 1. The number of aliphatic imine (C=N–C) groups is 1. The van der Waals surface area contributed by atoms with Gasteiger partial charge in [0.1, 0.15) is 5.82 Å². The normalized spacial score (nSPS) is 12.2. The number of nitrogens with zero attached hydrogens (tertiary/aromatic N) is 3. The van der Waals surface area contributed by atoms with Gasteiger partial charge in [-0.1, -0.05) is 24.3 Å². The third kappa shape index (κ3) is 3.75. The topological polar surface area (TPSA) is 93.3 Å². The van der Waals surface area contributed by atoms with Gasteiger partial charge in [-0.05, 0) is 43.7 Å². The highest BCUT2D eigenvalue weighted by Gasteiger charge is 2.14. The quantitative estimate of drug-likeness (QED) is 0.559. The van der Waals surface area contributed by atoms with E-state index in [1.165, 1.54) is 6.20 Å². The molecule has 0 unspecified atom stereocenters. The summed E-state index contributed by atoms with van der Waals surface area (Å²) in [6, 6.07) is 15.1. The van der Waals surface area contributed by atoms with E-state index in [0.717, 1.165) is 16.5 Å². The Balaban J connectivity index is 1.83. The van der Waals surface area contributed by atoms with E-state index in [9.17, 15) is 4.79 Å². The molecule has 6 nitrogen and oxygen atoms in total. The van der Waals surface area contributed by atoms with Crippen LogP contribution in [0.25, 0.3) is 10.9 Å². The summed E-state index contributed by atoms with van der Waals surface area (Å²) in [6.45, 7) is 3.63. The van der Waals surface area contributed by atoms with Crippen molar-refractivity contribution >= 4 is 34.2 Å². The lowest BCUT2D eigenvalue weighted by Gasteiger charge is -2.09. The molecule has 1 aromatic carbocycles. The average Bonchev–Trinajstić information content (AvgIpc) is 2.64. The fraction of sp³-hybridized carbons (Fsp3) is 0.100. The van der Waals surface area contributed by atoms with Crippen molar-refractivity contribution in [1.29, 1.82) is 0 Å². The van der Waals surface area contributed by atoms with Gasteiger partial charge in [-0.15, -0.1) is 0 Å². The van der Waals surface area contributed by atoms with Gasteiger partial charge in [0.25, 0.3) is 5.91 Å². The largest absolute Gasteiger partial charge is 0.404 e. The number of aryl methyl sites for hydroxylation is 1. The lowest BCUT2D eigenvalue weighted by molar-refractivity contribution is -0.112. The van der Waals surface area contributed by atoms with E-state index >= 15 is 0 Å². The number of aromatic nitrogens is 2. The predicted molar refractivity (Wildman–Crippen MR) is 104 cm³/mol. The smallest absolute Gasteiger partial charge is 0.260 e. The molecule has 0 radical (unpaired) electrons. The van der Waals surface area contributed by atoms with Gasteiger partial charge < -0.3 is 11.1 Å². The Morgan fingerprint density at radius 3 is 2.73 bits per heavy atom.